The molecule has 4 N–H and O–H groups in total. The number of carbonyl (C=O) groups is 1. The summed E-state index contributed by atoms with van der Waals surface area (Å²) in [5.74, 6) is -0.167. The van der Waals surface area contributed by atoms with Crippen LogP contribution in [-0.4, -0.2) is 26.9 Å². The zero-order chi connectivity index (χ0) is 14.6. The number of anilines is 1. The summed E-state index contributed by atoms with van der Waals surface area (Å²) in [6.45, 7) is 0.452. The highest BCUT2D eigenvalue weighted by atomic mass is 32.2. The third kappa shape index (κ3) is 4.29. The van der Waals surface area contributed by atoms with Gasteiger partial charge in [0.15, 0.2) is 0 Å². The first kappa shape index (κ1) is 15.0. The van der Waals surface area contributed by atoms with Crippen LogP contribution in [0.3, 0.4) is 0 Å². The van der Waals surface area contributed by atoms with Crippen molar-refractivity contribution in [1.29, 1.82) is 0 Å². The van der Waals surface area contributed by atoms with Crippen LogP contribution >= 0.6 is 0 Å². The summed E-state index contributed by atoms with van der Waals surface area (Å²) in [6.07, 6.45) is 2.70. The van der Waals surface area contributed by atoms with E-state index in [-0.39, 0.29) is 16.8 Å². The molecule has 6 nitrogen and oxygen atoms in total. The van der Waals surface area contributed by atoms with Crippen molar-refractivity contribution in [2.45, 2.75) is 36.6 Å². The van der Waals surface area contributed by atoms with E-state index >= 15 is 0 Å². The standard InChI is InChI=1S/C13H19N3O3S/c14-8-2-5-13(17)15-11-3-1-4-12(9-11)20(18,19)16-10-6-7-10/h1,3-4,9-10,16H,2,5-8,14H2,(H,15,17). The van der Waals surface area contributed by atoms with Crippen LogP contribution < -0.4 is 15.8 Å². The number of hydrogen-bond acceptors (Lipinski definition) is 4. The smallest absolute Gasteiger partial charge is 0.240 e. The van der Waals surface area contributed by atoms with Gasteiger partial charge in [-0.25, -0.2) is 13.1 Å². The number of nitrogens with two attached hydrogens (primary N) is 1. The number of benzene rings is 1. The highest BCUT2D eigenvalue weighted by Crippen LogP contribution is 2.23. The molecule has 0 atom stereocenters. The SMILES string of the molecule is NCCCC(=O)Nc1cccc(S(=O)(=O)NC2CC2)c1. The van der Waals surface area contributed by atoms with E-state index in [1.807, 2.05) is 0 Å². The Kier molecular flexibility index (Phi) is 4.74. The molecule has 1 fully saturated rings. The quantitative estimate of drug-likeness (QED) is 0.693. The summed E-state index contributed by atoms with van der Waals surface area (Å²) in [6, 6.07) is 6.31. The minimum Gasteiger partial charge on any atom is -0.330 e. The largest absolute Gasteiger partial charge is 0.330 e. The van der Waals surface area contributed by atoms with Gasteiger partial charge < -0.3 is 11.1 Å². The van der Waals surface area contributed by atoms with Crippen LogP contribution in [-0.2, 0) is 14.8 Å². The Morgan fingerprint density at radius 3 is 2.75 bits per heavy atom. The first-order chi connectivity index (χ1) is 9.51. The number of nitrogens with one attached hydrogen (secondary N) is 2. The molecule has 1 aliphatic rings. The van der Waals surface area contributed by atoms with Crippen molar-refractivity contribution in [2.75, 3.05) is 11.9 Å². The van der Waals surface area contributed by atoms with Crippen molar-refractivity contribution < 1.29 is 13.2 Å². The van der Waals surface area contributed by atoms with Gasteiger partial charge in [0.25, 0.3) is 0 Å². The molecule has 0 saturated heterocycles. The lowest BCUT2D eigenvalue weighted by molar-refractivity contribution is -0.116. The first-order valence-corrected chi connectivity index (χ1v) is 8.12. The number of amides is 1. The van der Waals surface area contributed by atoms with Gasteiger partial charge in [0, 0.05) is 18.2 Å². The summed E-state index contributed by atoms with van der Waals surface area (Å²) in [4.78, 5) is 11.8. The highest BCUT2D eigenvalue weighted by molar-refractivity contribution is 7.89. The van der Waals surface area contributed by atoms with Crippen LogP contribution in [0.2, 0.25) is 0 Å². The molecule has 1 saturated carbocycles. The average Bonchev–Trinajstić information content (AvgIpc) is 3.20. The monoisotopic (exact) mass is 297 g/mol. The minimum absolute atomic E-state index is 0.0581. The van der Waals surface area contributed by atoms with Gasteiger partial charge in [-0.1, -0.05) is 6.07 Å². The van der Waals surface area contributed by atoms with Crippen LogP contribution in [0.5, 0.6) is 0 Å². The Hall–Kier alpha value is -1.44. The van der Waals surface area contributed by atoms with Crippen molar-refractivity contribution in [3.8, 4) is 0 Å². The molecule has 1 aromatic rings. The van der Waals surface area contributed by atoms with Crippen LogP contribution in [0.4, 0.5) is 5.69 Å². The predicted molar refractivity (Wildman–Crippen MR) is 76.7 cm³/mol. The van der Waals surface area contributed by atoms with Crippen LogP contribution in [0.1, 0.15) is 25.7 Å². The summed E-state index contributed by atoms with van der Waals surface area (Å²) in [5.41, 5.74) is 5.81. The van der Waals surface area contributed by atoms with Gasteiger partial charge in [0.2, 0.25) is 15.9 Å². The van der Waals surface area contributed by atoms with Gasteiger partial charge in [-0.3, -0.25) is 4.79 Å². The maximum absolute atomic E-state index is 12.1. The lowest BCUT2D eigenvalue weighted by atomic mass is 10.2. The van der Waals surface area contributed by atoms with Gasteiger partial charge in [-0.2, -0.15) is 0 Å². The molecule has 1 aromatic carbocycles. The van der Waals surface area contributed by atoms with Crippen molar-refractivity contribution in [3.63, 3.8) is 0 Å². The van der Waals surface area contributed by atoms with Crippen molar-refractivity contribution in [1.82, 2.24) is 4.72 Å². The normalized spacial score (nSPS) is 15.1. The Labute approximate surface area is 118 Å². The molecule has 2 rings (SSSR count). The lowest BCUT2D eigenvalue weighted by Gasteiger charge is -2.08. The summed E-state index contributed by atoms with van der Waals surface area (Å²) in [7, 11) is -3.49. The van der Waals surface area contributed by atoms with E-state index in [2.05, 4.69) is 10.0 Å². The van der Waals surface area contributed by atoms with E-state index in [1.165, 1.54) is 12.1 Å². The summed E-state index contributed by atoms with van der Waals surface area (Å²) in [5, 5.41) is 2.67. The highest BCUT2D eigenvalue weighted by Gasteiger charge is 2.28. The zero-order valence-electron chi connectivity index (χ0n) is 11.1. The first-order valence-electron chi connectivity index (χ1n) is 6.63. The molecule has 110 valence electrons. The predicted octanol–water partition coefficient (Wildman–Crippen LogP) is 0.805. The van der Waals surface area contributed by atoms with Crippen molar-refractivity contribution >= 4 is 21.6 Å². The molecule has 0 aliphatic heterocycles. The van der Waals surface area contributed by atoms with E-state index in [0.717, 1.165) is 12.8 Å². The number of hydrogen-bond donors (Lipinski definition) is 3. The van der Waals surface area contributed by atoms with Crippen LogP contribution in [0, 0.1) is 0 Å². The molecular weight excluding hydrogens is 278 g/mol. The molecule has 1 aliphatic carbocycles. The van der Waals surface area contributed by atoms with Crippen molar-refractivity contribution in [3.05, 3.63) is 24.3 Å². The molecule has 0 heterocycles. The van der Waals surface area contributed by atoms with Gasteiger partial charge in [0.1, 0.15) is 0 Å². The van der Waals surface area contributed by atoms with Gasteiger partial charge in [0.05, 0.1) is 4.90 Å². The molecule has 0 spiro atoms. The topological polar surface area (TPSA) is 101 Å². The van der Waals surface area contributed by atoms with E-state index in [0.29, 0.717) is 25.1 Å². The van der Waals surface area contributed by atoms with E-state index in [4.69, 9.17) is 5.73 Å². The van der Waals surface area contributed by atoms with Gasteiger partial charge in [-0.05, 0) is 44.0 Å². The molecule has 0 bridgehead atoms. The van der Waals surface area contributed by atoms with E-state index < -0.39 is 10.0 Å². The van der Waals surface area contributed by atoms with Crippen molar-refractivity contribution in [2.24, 2.45) is 5.73 Å². The van der Waals surface area contributed by atoms with E-state index in [9.17, 15) is 13.2 Å². The average molecular weight is 297 g/mol. The van der Waals surface area contributed by atoms with E-state index in [1.54, 1.807) is 12.1 Å². The van der Waals surface area contributed by atoms with Gasteiger partial charge >= 0.3 is 0 Å². The van der Waals surface area contributed by atoms with Crippen LogP contribution in [0.25, 0.3) is 0 Å². The summed E-state index contributed by atoms with van der Waals surface area (Å²) >= 11 is 0. The number of carbonyl (C=O) groups excluding carboxylic acids is 1. The zero-order valence-corrected chi connectivity index (χ0v) is 11.9. The molecule has 0 aromatic heterocycles. The molecule has 7 heteroatoms. The lowest BCUT2D eigenvalue weighted by Crippen LogP contribution is -2.25. The minimum atomic E-state index is -3.49. The second kappa shape index (κ2) is 6.34. The van der Waals surface area contributed by atoms with Gasteiger partial charge in [-0.15, -0.1) is 0 Å². The maximum atomic E-state index is 12.1. The number of rotatable bonds is 7. The van der Waals surface area contributed by atoms with Crippen LogP contribution in [0.15, 0.2) is 29.2 Å². The third-order valence-corrected chi connectivity index (χ3v) is 4.45. The number of sulfonamides is 1. The fraction of sp³-hybridized carbons (Fsp3) is 0.462. The molecular formula is C13H19N3O3S. The fourth-order valence-electron chi connectivity index (χ4n) is 1.72. The Balaban J connectivity index is 2.05. The third-order valence-electron chi connectivity index (χ3n) is 2.94. The maximum Gasteiger partial charge on any atom is 0.240 e. The molecule has 0 unspecified atom stereocenters. The molecule has 1 amide bonds. The second-order valence-electron chi connectivity index (χ2n) is 4.86. The summed E-state index contributed by atoms with van der Waals surface area (Å²) < 4.78 is 26.7. The Bertz CT molecular complexity index is 582. The Morgan fingerprint density at radius 2 is 2.10 bits per heavy atom. The molecule has 20 heavy (non-hydrogen) atoms. The second-order valence-corrected chi connectivity index (χ2v) is 6.58. The fourth-order valence-corrected chi connectivity index (χ4v) is 3.07. The molecule has 0 radical (unpaired) electrons. The Morgan fingerprint density at radius 1 is 1.35 bits per heavy atom.